The van der Waals surface area contributed by atoms with Gasteiger partial charge >= 0.3 is 0 Å². The Bertz CT molecular complexity index is 450. The van der Waals surface area contributed by atoms with Crippen molar-refractivity contribution in [3.05, 3.63) is 30.3 Å². The molecule has 0 atom stereocenters. The standard InChI is InChI=1S/C13H16N2O/c14-11-5-7-15(8-6-11)13-9-10-3-1-2-4-12(10)16-13/h1-4,9,11H,5-8,14H2. The van der Waals surface area contributed by atoms with Crippen LogP contribution in [-0.4, -0.2) is 19.1 Å². The molecule has 16 heavy (non-hydrogen) atoms. The zero-order chi connectivity index (χ0) is 11.0. The molecule has 0 radical (unpaired) electrons. The molecule has 2 N–H and O–H groups in total. The van der Waals surface area contributed by atoms with E-state index < -0.39 is 0 Å². The van der Waals surface area contributed by atoms with Gasteiger partial charge in [-0.1, -0.05) is 18.2 Å². The summed E-state index contributed by atoms with van der Waals surface area (Å²) in [5.41, 5.74) is 6.86. The predicted molar refractivity (Wildman–Crippen MR) is 65.6 cm³/mol. The minimum atomic E-state index is 0.362. The number of hydrogen-bond acceptors (Lipinski definition) is 3. The summed E-state index contributed by atoms with van der Waals surface area (Å²) in [5.74, 6) is 0.980. The minimum Gasteiger partial charge on any atom is -0.441 e. The Hall–Kier alpha value is -1.48. The number of fused-ring (bicyclic) bond motifs is 1. The molecule has 2 heterocycles. The average molecular weight is 216 g/mol. The number of nitrogens with two attached hydrogens (primary N) is 1. The summed E-state index contributed by atoms with van der Waals surface area (Å²) < 4.78 is 5.83. The molecule has 0 saturated carbocycles. The highest BCUT2D eigenvalue weighted by Crippen LogP contribution is 2.27. The maximum atomic E-state index is 5.89. The summed E-state index contributed by atoms with van der Waals surface area (Å²) in [6, 6.07) is 10.6. The molecule has 1 aliphatic heterocycles. The van der Waals surface area contributed by atoms with Crippen LogP contribution in [0.15, 0.2) is 34.7 Å². The SMILES string of the molecule is NC1CCN(c2cc3ccccc3o2)CC1. The molecule has 1 saturated heterocycles. The fraction of sp³-hybridized carbons (Fsp3) is 0.385. The monoisotopic (exact) mass is 216 g/mol. The van der Waals surface area contributed by atoms with Crippen LogP contribution in [-0.2, 0) is 0 Å². The van der Waals surface area contributed by atoms with E-state index in [0.29, 0.717) is 6.04 Å². The van der Waals surface area contributed by atoms with Gasteiger partial charge in [0.1, 0.15) is 5.58 Å². The predicted octanol–water partition coefficient (Wildman–Crippen LogP) is 2.36. The molecule has 1 aromatic carbocycles. The highest BCUT2D eigenvalue weighted by atomic mass is 16.4. The molecule has 0 aliphatic carbocycles. The lowest BCUT2D eigenvalue weighted by Gasteiger charge is -2.29. The van der Waals surface area contributed by atoms with Crippen LogP contribution in [0.3, 0.4) is 0 Å². The number of rotatable bonds is 1. The van der Waals surface area contributed by atoms with Crippen molar-refractivity contribution in [3.63, 3.8) is 0 Å². The Labute approximate surface area is 94.8 Å². The van der Waals surface area contributed by atoms with Crippen molar-refractivity contribution >= 4 is 16.9 Å². The van der Waals surface area contributed by atoms with Crippen molar-refractivity contribution in [3.8, 4) is 0 Å². The zero-order valence-corrected chi connectivity index (χ0v) is 9.23. The van der Waals surface area contributed by atoms with E-state index >= 15 is 0 Å². The van der Waals surface area contributed by atoms with Gasteiger partial charge in [-0.05, 0) is 18.9 Å². The van der Waals surface area contributed by atoms with E-state index in [1.807, 2.05) is 18.2 Å². The van der Waals surface area contributed by atoms with E-state index in [1.54, 1.807) is 0 Å². The summed E-state index contributed by atoms with van der Waals surface area (Å²) in [6.45, 7) is 2.00. The largest absolute Gasteiger partial charge is 0.441 e. The molecule has 1 aromatic heterocycles. The topological polar surface area (TPSA) is 42.4 Å². The first kappa shape index (κ1) is 9.73. The van der Waals surface area contributed by atoms with Gasteiger partial charge in [0, 0.05) is 30.6 Å². The first-order valence-electron chi connectivity index (χ1n) is 5.82. The van der Waals surface area contributed by atoms with Crippen molar-refractivity contribution in [1.29, 1.82) is 0 Å². The lowest BCUT2D eigenvalue weighted by atomic mass is 10.1. The molecule has 0 spiro atoms. The van der Waals surface area contributed by atoms with E-state index in [4.69, 9.17) is 10.2 Å². The van der Waals surface area contributed by atoms with E-state index in [0.717, 1.165) is 37.4 Å². The number of benzene rings is 1. The van der Waals surface area contributed by atoms with Gasteiger partial charge in [0.25, 0.3) is 0 Å². The molecule has 84 valence electrons. The third-order valence-electron chi connectivity index (χ3n) is 3.26. The molecule has 0 amide bonds. The van der Waals surface area contributed by atoms with Crippen LogP contribution in [0.25, 0.3) is 11.0 Å². The summed E-state index contributed by atoms with van der Waals surface area (Å²) in [7, 11) is 0. The average Bonchev–Trinajstić information content (AvgIpc) is 2.73. The maximum absolute atomic E-state index is 5.89. The third-order valence-corrected chi connectivity index (χ3v) is 3.26. The van der Waals surface area contributed by atoms with Crippen LogP contribution in [0.5, 0.6) is 0 Å². The quantitative estimate of drug-likeness (QED) is 0.795. The van der Waals surface area contributed by atoms with Crippen LogP contribution in [0.1, 0.15) is 12.8 Å². The number of furan rings is 1. The Morgan fingerprint density at radius 1 is 1.19 bits per heavy atom. The van der Waals surface area contributed by atoms with Gasteiger partial charge in [0.2, 0.25) is 0 Å². The molecule has 1 aliphatic rings. The molecular weight excluding hydrogens is 200 g/mol. The first-order chi connectivity index (χ1) is 7.83. The minimum absolute atomic E-state index is 0.362. The fourth-order valence-electron chi connectivity index (χ4n) is 2.24. The second kappa shape index (κ2) is 3.83. The van der Waals surface area contributed by atoms with Crippen molar-refractivity contribution in [1.82, 2.24) is 0 Å². The van der Waals surface area contributed by atoms with Crippen LogP contribution in [0, 0.1) is 0 Å². The lowest BCUT2D eigenvalue weighted by Crippen LogP contribution is -2.39. The van der Waals surface area contributed by atoms with Gasteiger partial charge < -0.3 is 15.1 Å². The van der Waals surface area contributed by atoms with Crippen LogP contribution in [0.4, 0.5) is 5.88 Å². The first-order valence-corrected chi connectivity index (χ1v) is 5.82. The molecule has 3 heteroatoms. The normalized spacial score (nSPS) is 18.2. The van der Waals surface area contributed by atoms with Gasteiger partial charge in [-0.2, -0.15) is 0 Å². The molecular formula is C13H16N2O. The summed E-state index contributed by atoms with van der Waals surface area (Å²) in [6.07, 6.45) is 2.11. The number of nitrogens with zero attached hydrogens (tertiary/aromatic N) is 1. The van der Waals surface area contributed by atoms with Gasteiger partial charge in [-0.3, -0.25) is 0 Å². The molecule has 1 fully saturated rings. The van der Waals surface area contributed by atoms with Gasteiger partial charge in [0.15, 0.2) is 5.88 Å². The Morgan fingerprint density at radius 2 is 1.94 bits per heavy atom. The highest BCUT2D eigenvalue weighted by Gasteiger charge is 2.18. The van der Waals surface area contributed by atoms with E-state index in [-0.39, 0.29) is 0 Å². The molecule has 3 rings (SSSR count). The number of hydrogen-bond donors (Lipinski definition) is 1. The van der Waals surface area contributed by atoms with E-state index in [1.165, 1.54) is 5.39 Å². The molecule has 0 unspecified atom stereocenters. The Morgan fingerprint density at radius 3 is 2.69 bits per heavy atom. The van der Waals surface area contributed by atoms with Crippen molar-refractivity contribution in [2.24, 2.45) is 5.73 Å². The summed E-state index contributed by atoms with van der Waals surface area (Å²) in [4.78, 5) is 2.28. The van der Waals surface area contributed by atoms with E-state index in [2.05, 4.69) is 17.0 Å². The number of piperidine rings is 1. The third kappa shape index (κ3) is 1.67. The maximum Gasteiger partial charge on any atom is 0.196 e. The second-order valence-electron chi connectivity index (χ2n) is 4.45. The van der Waals surface area contributed by atoms with Crippen molar-refractivity contribution in [2.75, 3.05) is 18.0 Å². The second-order valence-corrected chi connectivity index (χ2v) is 4.45. The number of anilines is 1. The molecule has 2 aromatic rings. The van der Waals surface area contributed by atoms with Gasteiger partial charge in [0.05, 0.1) is 0 Å². The summed E-state index contributed by atoms with van der Waals surface area (Å²) >= 11 is 0. The van der Waals surface area contributed by atoms with Gasteiger partial charge in [-0.15, -0.1) is 0 Å². The van der Waals surface area contributed by atoms with Gasteiger partial charge in [-0.25, -0.2) is 0 Å². The Balaban J connectivity index is 1.88. The number of para-hydroxylation sites is 1. The van der Waals surface area contributed by atoms with Crippen LogP contribution in [0.2, 0.25) is 0 Å². The molecule has 0 bridgehead atoms. The van der Waals surface area contributed by atoms with Crippen LogP contribution >= 0.6 is 0 Å². The van der Waals surface area contributed by atoms with Crippen molar-refractivity contribution < 1.29 is 4.42 Å². The van der Waals surface area contributed by atoms with E-state index in [9.17, 15) is 0 Å². The van der Waals surface area contributed by atoms with Crippen molar-refractivity contribution in [2.45, 2.75) is 18.9 Å². The summed E-state index contributed by atoms with van der Waals surface area (Å²) in [5, 5.41) is 1.17. The highest BCUT2D eigenvalue weighted by molar-refractivity contribution is 5.80. The Kier molecular flexibility index (Phi) is 2.33. The smallest absolute Gasteiger partial charge is 0.196 e. The molecule has 3 nitrogen and oxygen atoms in total. The zero-order valence-electron chi connectivity index (χ0n) is 9.23. The fourth-order valence-corrected chi connectivity index (χ4v) is 2.24. The van der Waals surface area contributed by atoms with Crippen LogP contribution < -0.4 is 10.6 Å². The lowest BCUT2D eigenvalue weighted by molar-refractivity contribution is 0.472.